The average Bonchev–Trinajstić information content (AvgIpc) is 2.75. The SMILES string of the molecule is CC(=O)OC1=C\c2c(Cl)c(O)cc(O)c2C(=O)O[C@@H](c2ccccc2)C/C=C/CC\C=C\1. The fourth-order valence-corrected chi connectivity index (χ4v) is 3.46. The monoisotopic (exact) mass is 454 g/mol. The molecule has 0 fully saturated rings. The van der Waals surface area contributed by atoms with E-state index in [-0.39, 0.29) is 21.9 Å². The minimum atomic E-state index is -0.832. The van der Waals surface area contributed by atoms with Gasteiger partial charge in [-0.15, -0.1) is 0 Å². The number of halogens is 1. The Kier molecular flexibility index (Phi) is 7.73. The molecule has 0 saturated heterocycles. The molecule has 7 heteroatoms. The number of carbonyl (C=O) groups excluding carboxylic acids is 2. The summed E-state index contributed by atoms with van der Waals surface area (Å²) >= 11 is 6.27. The van der Waals surface area contributed by atoms with E-state index in [9.17, 15) is 19.8 Å². The Hall–Kier alpha value is -3.51. The number of phenolic OH excluding ortho intramolecular Hbond substituents is 2. The molecule has 0 amide bonds. The molecular weight excluding hydrogens is 432 g/mol. The normalized spacial score (nSPS) is 20.6. The highest BCUT2D eigenvalue weighted by Crippen LogP contribution is 2.39. The Balaban J connectivity index is 2.15. The van der Waals surface area contributed by atoms with Crippen molar-refractivity contribution in [1.82, 2.24) is 0 Å². The van der Waals surface area contributed by atoms with Crippen LogP contribution in [0.15, 0.2) is 66.5 Å². The third-order valence-corrected chi connectivity index (χ3v) is 5.13. The van der Waals surface area contributed by atoms with E-state index >= 15 is 0 Å². The van der Waals surface area contributed by atoms with Crippen LogP contribution in [0.3, 0.4) is 0 Å². The van der Waals surface area contributed by atoms with Crippen LogP contribution in [-0.4, -0.2) is 22.2 Å². The molecule has 0 aliphatic carbocycles. The number of phenols is 2. The highest BCUT2D eigenvalue weighted by molar-refractivity contribution is 6.34. The Morgan fingerprint density at radius 1 is 1.09 bits per heavy atom. The maximum atomic E-state index is 13.2. The fraction of sp³-hybridized carbons (Fsp3) is 0.200. The zero-order valence-corrected chi connectivity index (χ0v) is 18.2. The summed E-state index contributed by atoms with van der Waals surface area (Å²) in [6, 6.07) is 10.2. The van der Waals surface area contributed by atoms with Gasteiger partial charge in [-0.2, -0.15) is 0 Å². The van der Waals surface area contributed by atoms with E-state index in [0.717, 1.165) is 18.1 Å². The number of benzene rings is 2. The number of fused-ring (bicyclic) bond motifs is 1. The van der Waals surface area contributed by atoms with E-state index in [2.05, 4.69) is 0 Å². The largest absolute Gasteiger partial charge is 0.507 e. The summed E-state index contributed by atoms with van der Waals surface area (Å²) in [5.41, 5.74) is 0.529. The van der Waals surface area contributed by atoms with Crippen molar-refractivity contribution in [2.24, 2.45) is 0 Å². The Labute approximate surface area is 191 Å². The average molecular weight is 455 g/mol. The number of hydrogen-bond acceptors (Lipinski definition) is 6. The smallest absolute Gasteiger partial charge is 0.343 e. The minimum Gasteiger partial charge on any atom is -0.507 e. The molecule has 2 aromatic rings. The molecule has 1 aliphatic heterocycles. The second-order valence-electron chi connectivity index (χ2n) is 7.15. The number of esters is 2. The Bertz CT molecular complexity index is 1090. The number of aromatic hydroxyl groups is 2. The first kappa shape index (κ1) is 23.2. The van der Waals surface area contributed by atoms with Gasteiger partial charge in [-0.05, 0) is 30.6 Å². The molecule has 32 heavy (non-hydrogen) atoms. The number of carbonyl (C=O) groups is 2. The van der Waals surface area contributed by atoms with Gasteiger partial charge in [0.1, 0.15) is 28.9 Å². The molecule has 0 spiro atoms. The lowest BCUT2D eigenvalue weighted by molar-refractivity contribution is -0.136. The predicted octanol–water partition coefficient (Wildman–Crippen LogP) is 5.85. The van der Waals surface area contributed by atoms with Crippen LogP contribution in [0.5, 0.6) is 11.5 Å². The van der Waals surface area contributed by atoms with Gasteiger partial charge < -0.3 is 19.7 Å². The predicted molar refractivity (Wildman–Crippen MR) is 121 cm³/mol. The van der Waals surface area contributed by atoms with Gasteiger partial charge in [-0.1, -0.05) is 60.2 Å². The van der Waals surface area contributed by atoms with Gasteiger partial charge in [0.15, 0.2) is 0 Å². The third-order valence-electron chi connectivity index (χ3n) is 4.73. The first-order valence-corrected chi connectivity index (χ1v) is 10.5. The van der Waals surface area contributed by atoms with Crippen LogP contribution in [0.1, 0.15) is 53.8 Å². The maximum absolute atomic E-state index is 13.2. The summed E-state index contributed by atoms with van der Waals surface area (Å²) in [6.07, 6.45) is 9.86. The van der Waals surface area contributed by atoms with Crippen molar-refractivity contribution in [3.8, 4) is 11.5 Å². The van der Waals surface area contributed by atoms with Crippen molar-refractivity contribution in [3.63, 3.8) is 0 Å². The van der Waals surface area contributed by atoms with Gasteiger partial charge in [0.25, 0.3) is 0 Å². The molecule has 0 saturated carbocycles. The third kappa shape index (κ3) is 5.80. The number of allylic oxidation sites excluding steroid dienone is 3. The van der Waals surface area contributed by atoms with E-state index in [0.29, 0.717) is 12.8 Å². The molecule has 0 radical (unpaired) electrons. The van der Waals surface area contributed by atoms with Crippen molar-refractivity contribution in [2.75, 3.05) is 0 Å². The van der Waals surface area contributed by atoms with Gasteiger partial charge in [-0.3, -0.25) is 4.79 Å². The van der Waals surface area contributed by atoms with Crippen molar-refractivity contribution in [2.45, 2.75) is 32.3 Å². The Morgan fingerprint density at radius 2 is 1.81 bits per heavy atom. The highest BCUT2D eigenvalue weighted by Gasteiger charge is 2.26. The lowest BCUT2D eigenvalue weighted by Gasteiger charge is -2.19. The minimum absolute atomic E-state index is 0.0190. The van der Waals surface area contributed by atoms with Crippen molar-refractivity contribution >= 4 is 29.6 Å². The van der Waals surface area contributed by atoms with Crippen molar-refractivity contribution in [1.29, 1.82) is 0 Å². The van der Waals surface area contributed by atoms with E-state index < -0.39 is 29.5 Å². The van der Waals surface area contributed by atoms with Crippen LogP contribution in [-0.2, 0) is 14.3 Å². The van der Waals surface area contributed by atoms with Crippen LogP contribution >= 0.6 is 11.6 Å². The molecule has 1 atom stereocenters. The molecule has 1 aliphatic rings. The van der Waals surface area contributed by atoms with Crippen LogP contribution < -0.4 is 0 Å². The second kappa shape index (κ2) is 10.7. The molecule has 0 unspecified atom stereocenters. The van der Waals surface area contributed by atoms with Gasteiger partial charge in [-0.25, -0.2) is 4.79 Å². The van der Waals surface area contributed by atoms with E-state index in [1.807, 2.05) is 48.6 Å². The lowest BCUT2D eigenvalue weighted by Crippen LogP contribution is -2.13. The Morgan fingerprint density at radius 3 is 2.53 bits per heavy atom. The number of hydrogen-bond donors (Lipinski definition) is 2. The quantitative estimate of drug-likeness (QED) is 0.436. The zero-order chi connectivity index (χ0) is 23.1. The molecular formula is C25H23ClO6. The topological polar surface area (TPSA) is 93.1 Å². The molecule has 166 valence electrons. The molecule has 2 N–H and O–H groups in total. The summed E-state index contributed by atoms with van der Waals surface area (Å²) < 4.78 is 11.0. The van der Waals surface area contributed by atoms with Gasteiger partial charge >= 0.3 is 11.9 Å². The summed E-state index contributed by atoms with van der Waals surface area (Å²) in [4.78, 5) is 24.7. The van der Waals surface area contributed by atoms with E-state index in [1.54, 1.807) is 6.08 Å². The molecule has 0 bridgehead atoms. The van der Waals surface area contributed by atoms with Crippen LogP contribution in [0, 0.1) is 0 Å². The van der Waals surface area contributed by atoms with Gasteiger partial charge in [0.2, 0.25) is 0 Å². The van der Waals surface area contributed by atoms with Crippen molar-refractivity contribution < 1.29 is 29.3 Å². The summed E-state index contributed by atoms with van der Waals surface area (Å²) in [7, 11) is 0. The number of ether oxygens (including phenoxy) is 2. The van der Waals surface area contributed by atoms with Gasteiger partial charge in [0, 0.05) is 25.0 Å². The van der Waals surface area contributed by atoms with Crippen LogP contribution in [0.2, 0.25) is 5.02 Å². The number of rotatable bonds is 2. The molecule has 0 aromatic heterocycles. The lowest BCUT2D eigenvalue weighted by atomic mass is 10.0. The standard InChI is InChI=1S/C25H23ClO6/c1-16(27)31-18-12-8-3-2-4-9-13-22(17-10-6-5-7-11-17)32-25(30)23-19(14-18)24(26)21(29)15-20(23)28/h4-12,14-15,22,28-29H,2-3,13H2,1H3/b9-4+,12-8+,18-14-/t22-/m1/s1. The van der Waals surface area contributed by atoms with Crippen LogP contribution in [0.4, 0.5) is 0 Å². The fourth-order valence-electron chi connectivity index (χ4n) is 3.26. The molecule has 2 aromatic carbocycles. The maximum Gasteiger partial charge on any atom is 0.343 e. The molecule has 6 nitrogen and oxygen atoms in total. The van der Waals surface area contributed by atoms with Crippen LogP contribution in [0.25, 0.3) is 6.08 Å². The zero-order valence-electron chi connectivity index (χ0n) is 17.5. The summed E-state index contributed by atoms with van der Waals surface area (Å²) in [5, 5.41) is 20.4. The summed E-state index contributed by atoms with van der Waals surface area (Å²) in [5.74, 6) is -2.25. The van der Waals surface area contributed by atoms with E-state index in [4.69, 9.17) is 21.1 Å². The molecule has 1 heterocycles. The van der Waals surface area contributed by atoms with E-state index in [1.165, 1.54) is 13.0 Å². The first-order chi connectivity index (χ1) is 15.4. The van der Waals surface area contributed by atoms with Crippen molar-refractivity contribution in [3.05, 3.63) is 88.2 Å². The van der Waals surface area contributed by atoms with Gasteiger partial charge in [0.05, 0.1) is 5.02 Å². The summed E-state index contributed by atoms with van der Waals surface area (Å²) in [6.45, 7) is 1.24. The first-order valence-electron chi connectivity index (χ1n) is 10.1. The highest BCUT2D eigenvalue weighted by atomic mass is 35.5. The second-order valence-corrected chi connectivity index (χ2v) is 7.53. The number of cyclic esters (lactones) is 1. The molecule has 3 rings (SSSR count).